The SMILES string of the molecule is COc1ccc(OC)c(CN[C@H](C(N)=O)c2ccccc2)c1. The van der Waals surface area contributed by atoms with Crippen molar-refractivity contribution in [3.63, 3.8) is 0 Å². The van der Waals surface area contributed by atoms with E-state index in [2.05, 4.69) is 5.32 Å². The number of benzene rings is 2. The molecule has 0 aliphatic heterocycles. The standard InChI is InChI=1S/C17H20N2O3/c1-21-14-8-9-15(22-2)13(10-14)11-19-16(17(18)20)12-6-4-3-5-7-12/h3-10,16,19H,11H2,1-2H3,(H2,18,20)/t16-/m0/s1. The van der Waals surface area contributed by atoms with E-state index < -0.39 is 11.9 Å². The fraction of sp³-hybridized carbons (Fsp3) is 0.235. The number of nitrogens with two attached hydrogens (primary N) is 1. The van der Waals surface area contributed by atoms with Crippen LogP contribution in [0.1, 0.15) is 17.2 Å². The van der Waals surface area contributed by atoms with Crippen LogP contribution in [0.15, 0.2) is 48.5 Å². The zero-order chi connectivity index (χ0) is 15.9. The van der Waals surface area contributed by atoms with Gasteiger partial charge in [-0.3, -0.25) is 10.1 Å². The predicted molar refractivity (Wildman–Crippen MR) is 84.8 cm³/mol. The van der Waals surface area contributed by atoms with Gasteiger partial charge in [0.1, 0.15) is 17.5 Å². The zero-order valence-electron chi connectivity index (χ0n) is 12.7. The number of hydrogen-bond acceptors (Lipinski definition) is 4. The molecule has 0 spiro atoms. The van der Waals surface area contributed by atoms with Gasteiger partial charge in [0.2, 0.25) is 5.91 Å². The summed E-state index contributed by atoms with van der Waals surface area (Å²) >= 11 is 0. The normalized spacial score (nSPS) is 11.7. The fourth-order valence-electron chi connectivity index (χ4n) is 2.26. The zero-order valence-corrected chi connectivity index (χ0v) is 12.7. The molecule has 116 valence electrons. The Labute approximate surface area is 130 Å². The minimum Gasteiger partial charge on any atom is -0.497 e. The highest BCUT2D eigenvalue weighted by atomic mass is 16.5. The van der Waals surface area contributed by atoms with E-state index in [1.54, 1.807) is 14.2 Å². The lowest BCUT2D eigenvalue weighted by Gasteiger charge is -2.17. The van der Waals surface area contributed by atoms with Crippen molar-refractivity contribution >= 4 is 5.91 Å². The first-order chi connectivity index (χ1) is 10.7. The Morgan fingerprint density at radius 1 is 1.14 bits per heavy atom. The maximum atomic E-state index is 11.7. The Bertz CT molecular complexity index is 629. The molecule has 5 nitrogen and oxygen atoms in total. The molecular formula is C17H20N2O3. The lowest BCUT2D eigenvalue weighted by atomic mass is 10.1. The highest BCUT2D eigenvalue weighted by Crippen LogP contribution is 2.24. The average Bonchev–Trinajstić information content (AvgIpc) is 2.55. The molecule has 0 saturated carbocycles. The predicted octanol–water partition coefficient (Wildman–Crippen LogP) is 2.02. The molecule has 1 amide bonds. The van der Waals surface area contributed by atoms with E-state index in [-0.39, 0.29) is 0 Å². The van der Waals surface area contributed by atoms with Gasteiger partial charge in [0.05, 0.1) is 14.2 Å². The average molecular weight is 300 g/mol. The lowest BCUT2D eigenvalue weighted by molar-refractivity contribution is -0.120. The van der Waals surface area contributed by atoms with Crippen molar-refractivity contribution in [1.82, 2.24) is 5.32 Å². The van der Waals surface area contributed by atoms with E-state index in [0.717, 1.165) is 22.6 Å². The van der Waals surface area contributed by atoms with Gasteiger partial charge < -0.3 is 15.2 Å². The van der Waals surface area contributed by atoms with E-state index in [1.807, 2.05) is 48.5 Å². The second-order valence-corrected chi connectivity index (χ2v) is 4.80. The summed E-state index contributed by atoms with van der Waals surface area (Å²) in [6.45, 7) is 0.433. The molecule has 3 N–H and O–H groups in total. The molecule has 0 bridgehead atoms. The molecule has 0 aromatic heterocycles. The first kappa shape index (κ1) is 15.9. The van der Waals surface area contributed by atoms with Gasteiger partial charge >= 0.3 is 0 Å². The van der Waals surface area contributed by atoms with Crippen LogP contribution in [0.25, 0.3) is 0 Å². The van der Waals surface area contributed by atoms with Crippen LogP contribution < -0.4 is 20.5 Å². The molecule has 5 heteroatoms. The van der Waals surface area contributed by atoms with E-state index in [0.29, 0.717) is 6.54 Å². The molecule has 0 radical (unpaired) electrons. The molecular weight excluding hydrogens is 280 g/mol. The quantitative estimate of drug-likeness (QED) is 0.820. The summed E-state index contributed by atoms with van der Waals surface area (Å²) in [5.41, 5.74) is 7.23. The number of ether oxygens (including phenoxy) is 2. The minimum atomic E-state index is -0.558. The van der Waals surface area contributed by atoms with E-state index in [9.17, 15) is 4.79 Å². The molecule has 2 aromatic carbocycles. The van der Waals surface area contributed by atoms with Crippen molar-refractivity contribution < 1.29 is 14.3 Å². The van der Waals surface area contributed by atoms with Crippen LogP contribution in [-0.2, 0) is 11.3 Å². The fourth-order valence-corrected chi connectivity index (χ4v) is 2.26. The van der Waals surface area contributed by atoms with Gasteiger partial charge in [-0.2, -0.15) is 0 Å². The minimum absolute atomic E-state index is 0.423. The van der Waals surface area contributed by atoms with Crippen LogP contribution >= 0.6 is 0 Å². The summed E-state index contributed by atoms with van der Waals surface area (Å²) in [6.07, 6.45) is 0. The molecule has 2 aromatic rings. The van der Waals surface area contributed by atoms with Gasteiger partial charge in [-0.15, -0.1) is 0 Å². The summed E-state index contributed by atoms with van der Waals surface area (Å²) < 4.78 is 10.5. The number of carbonyl (C=O) groups is 1. The third-order valence-electron chi connectivity index (χ3n) is 3.40. The molecule has 1 atom stereocenters. The molecule has 2 rings (SSSR count). The summed E-state index contributed by atoms with van der Waals surface area (Å²) in [5.74, 6) is 1.03. The van der Waals surface area contributed by atoms with Crippen LogP contribution in [-0.4, -0.2) is 20.1 Å². The van der Waals surface area contributed by atoms with Crippen LogP contribution in [0.2, 0.25) is 0 Å². The Kier molecular flexibility index (Phi) is 5.38. The van der Waals surface area contributed by atoms with Crippen molar-refractivity contribution in [2.24, 2.45) is 5.73 Å². The van der Waals surface area contributed by atoms with Gasteiger partial charge in [-0.05, 0) is 23.8 Å². The number of methoxy groups -OCH3 is 2. The molecule has 22 heavy (non-hydrogen) atoms. The smallest absolute Gasteiger partial charge is 0.239 e. The van der Waals surface area contributed by atoms with Gasteiger partial charge in [-0.1, -0.05) is 30.3 Å². The molecule has 0 heterocycles. The highest BCUT2D eigenvalue weighted by molar-refractivity contribution is 5.81. The van der Waals surface area contributed by atoms with E-state index >= 15 is 0 Å². The second kappa shape index (κ2) is 7.47. The van der Waals surface area contributed by atoms with Crippen molar-refractivity contribution in [2.75, 3.05) is 14.2 Å². The monoisotopic (exact) mass is 300 g/mol. The van der Waals surface area contributed by atoms with Crippen molar-refractivity contribution in [1.29, 1.82) is 0 Å². The molecule has 0 aliphatic carbocycles. The molecule has 0 unspecified atom stereocenters. The van der Waals surface area contributed by atoms with Gasteiger partial charge in [0.15, 0.2) is 0 Å². The largest absolute Gasteiger partial charge is 0.497 e. The van der Waals surface area contributed by atoms with Crippen LogP contribution in [0.4, 0.5) is 0 Å². The number of carbonyl (C=O) groups excluding carboxylic acids is 1. The summed E-state index contributed by atoms with van der Waals surface area (Å²) in [7, 11) is 3.21. The second-order valence-electron chi connectivity index (χ2n) is 4.80. The first-order valence-electron chi connectivity index (χ1n) is 6.94. The Hall–Kier alpha value is -2.53. The summed E-state index contributed by atoms with van der Waals surface area (Å²) in [6, 6.07) is 14.3. The number of rotatable bonds is 7. The van der Waals surface area contributed by atoms with Gasteiger partial charge in [0, 0.05) is 12.1 Å². The lowest BCUT2D eigenvalue weighted by Crippen LogP contribution is -2.33. The maximum absolute atomic E-state index is 11.7. The molecule has 0 saturated heterocycles. The third kappa shape index (κ3) is 3.77. The molecule has 0 aliphatic rings. The maximum Gasteiger partial charge on any atom is 0.239 e. The Morgan fingerprint density at radius 2 is 1.86 bits per heavy atom. The number of primary amides is 1. The van der Waals surface area contributed by atoms with Gasteiger partial charge in [0.25, 0.3) is 0 Å². The number of nitrogens with one attached hydrogen (secondary N) is 1. The van der Waals surface area contributed by atoms with Crippen molar-refractivity contribution in [3.8, 4) is 11.5 Å². The van der Waals surface area contributed by atoms with Crippen LogP contribution in [0, 0.1) is 0 Å². The van der Waals surface area contributed by atoms with E-state index in [1.165, 1.54) is 0 Å². The Balaban J connectivity index is 2.18. The van der Waals surface area contributed by atoms with Gasteiger partial charge in [-0.25, -0.2) is 0 Å². The molecule has 0 fully saturated rings. The van der Waals surface area contributed by atoms with Crippen molar-refractivity contribution in [3.05, 3.63) is 59.7 Å². The van der Waals surface area contributed by atoms with Crippen molar-refractivity contribution in [2.45, 2.75) is 12.6 Å². The van der Waals surface area contributed by atoms with E-state index in [4.69, 9.17) is 15.2 Å². The first-order valence-corrected chi connectivity index (χ1v) is 6.94. The summed E-state index contributed by atoms with van der Waals surface area (Å²) in [4.78, 5) is 11.7. The topological polar surface area (TPSA) is 73.6 Å². The summed E-state index contributed by atoms with van der Waals surface area (Å²) in [5, 5.41) is 3.17. The highest BCUT2D eigenvalue weighted by Gasteiger charge is 2.17. The van der Waals surface area contributed by atoms with Crippen LogP contribution in [0.5, 0.6) is 11.5 Å². The van der Waals surface area contributed by atoms with Crippen LogP contribution in [0.3, 0.4) is 0 Å². The number of hydrogen-bond donors (Lipinski definition) is 2. The third-order valence-corrected chi connectivity index (χ3v) is 3.40. The number of amides is 1. The Morgan fingerprint density at radius 3 is 2.45 bits per heavy atom.